The Morgan fingerprint density at radius 2 is 1.88 bits per heavy atom. The number of methoxy groups -OCH3 is 2. The molecule has 1 N–H and O–H groups in total. The summed E-state index contributed by atoms with van der Waals surface area (Å²) in [6, 6.07) is 8.31. The topological polar surface area (TPSA) is 88.0 Å². The number of pyridine rings is 2. The summed E-state index contributed by atoms with van der Waals surface area (Å²) in [7, 11) is 2.98. The van der Waals surface area contributed by atoms with Crippen molar-refractivity contribution in [2.45, 2.75) is 6.04 Å². The molecule has 0 amide bonds. The van der Waals surface area contributed by atoms with Gasteiger partial charge in [0.25, 0.3) is 0 Å². The molecule has 138 valence electrons. The van der Waals surface area contributed by atoms with Crippen molar-refractivity contribution in [3.05, 3.63) is 42.1 Å². The normalized spacial score (nSPS) is 16.2. The number of piperazine rings is 1. The van der Waals surface area contributed by atoms with E-state index in [1.165, 1.54) is 14.2 Å². The molecule has 0 bridgehead atoms. The molecule has 1 fully saturated rings. The molecular weight excluding hydrogens is 336 g/mol. The van der Waals surface area contributed by atoms with E-state index in [4.69, 9.17) is 9.47 Å². The van der Waals surface area contributed by atoms with E-state index in [0.717, 1.165) is 5.82 Å². The molecule has 0 aromatic carbocycles. The minimum absolute atomic E-state index is 0.268. The molecule has 2 aromatic heterocycles. The number of aliphatic carboxylic acids is 1. The Morgan fingerprint density at radius 1 is 1.12 bits per heavy atom. The van der Waals surface area contributed by atoms with Crippen LogP contribution in [0.2, 0.25) is 0 Å². The summed E-state index contributed by atoms with van der Waals surface area (Å²) < 4.78 is 10.4. The minimum Gasteiger partial charge on any atom is -0.481 e. The highest BCUT2D eigenvalue weighted by atomic mass is 16.5. The molecule has 1 aliphatic rings. The molecular formula is C18H22N4O4. The van der Waals surface area contributed by atoms with Gasteiger partial charge in [-0.05, 0) is 18.2 Å². The first-order chi connectivity index (χ1) is 12.6. The molecule has 8 nitrogen and oxygen atoms in total. The number of ether oxygens (including phenoxy) is 2. The van der Waals surface area contributed by atoms with E-state index in [0.29, 0.717) is 37.6 Å². The fourth-order valence-corrected chi connectivity index (χ4v) is 3.16. The van der Waals surface area contributed by atoms with Gasteiger partial charge < -0.3 is 19.5 Å². The highest BCUT2D eigenvalue weighted by Gasteiger charge is 2.33. The van der Waals surface area contributed by atoms with Gasteiger partial charge in [0.2, 0.25) is 11.8 Å². The van der Waals surface area contributed by atoms with E-state index < -0.39 is 12.0 Å². The second-order valence-electron chi connectivity index (χ2n) is 5.90. The maximum absolute atomic E-state index is 12.0. The number of rotatable bonds is 6. The van der Waals surface area contributed by atoms with Crippen LogP contribution in [0, 0.1) is 0 Å². The van der Waals surface area contributed by atoms with Gasteiger partial charge in [0.1, 0.15) is 11.9 Å². The van der Waals surface area contributed by atoms with Crippen molar-refractivity contribution in [3.63, 3.8) is 0 Å². The summed E-state index contributed by atoms with van der Waals surface area (Å²) in [6.07, 6.45) is 1.76. The van der Waals surface area contributed by atoms with Gasteiger partial charge in [0.05, 0.1) is 14.2 Å². The van der Waals surface area contributed by atoms with Crippen LogP contribution in [0.15, 0.2) is 36.5 Å². The van der Waals surface area contributed by atoms with Crippen molar-refractivity contribution in [2.75, 3.05) is 45.3 Å². The summed E-state index contributed by atoms with van der Waals surface area (Å²) >= 11 is 0. The van der Waals surface area contributed by atoms with Crippen LogP contribution in [0.4, 0.5) is 5.82 Å². The van der Waals surface area contributed by atoms with Crippen molar-refractivity contribution in [3.8, 4) is 11.8 Å². The van der Waals surface area contributed by atoms with Crippen LogP contribution in [0.1, 0.15) is 11.6 Å². The van der Waals surface area contributed by atoms with Crippen LogP contribution in [0.3, 0.4) is 0 Å². The molecule has 0 aliphatic carbocycles. The largest absolute Gasteiger partial charge is 0.481 e. The molecule has 0 radical (unpaired) electrons. The highest BCUT2D eigenvalue weighted by molar-refractivity contribution is 5.76. The number of nitrogens with zero attached hydrogens (tertiary/aromatic N) is 4. The zero-order valence-corrected chi connectivity index (χ0v) is 14.8. The van der Waals surface area contributed by atoms with Gasteiger partial charge in [-0.15, -0.1) is 0 Å². The van der Waals surface area contributed by atoms with E-state index in [1.54, 1.807) is 18.3 Å². The maximum Gasteiger partial charge on any atom is 0.325 e. The number of aromatic nitrogens is 2. The Hall–Kier alpha value is -2.87. The van der Waals surface area contributed by atoms with E-state index in [9.17, 15) is 9.90 Å². The molecule has 1 aliphatic heterocycles. The fourth-order valence-electron chi connectivity index (χ4n) is 3.16. The number of anilines is 1. The zero-order chi connectivity index (χ0) is 18.5. The molecule has 1 unspecified atom stereocenters. The minimum atomic E-state index is -0.929. The lowest BCUT2D eigenvalue weighted by Gasteiger charge is -2.38. The van der Waals surface area contributed by atoms with Crippen LogP contribution in [0.25, 0.3) is 0 Å². The van der Waals surface area contributed by atoms with E-state index in [2.05, 4.69) is 14.9 Å². The quantitative estimate of drug-likeness (QED) is 0.830. The van der Waals surface area contributed by atoms with Crippen molar-refractivity contribution >= 4 is 11.8 Å². The molecule has 26 heavy (non-hydrogen) atoms. The highest BCUT2D eigenvalue weighted by Crippen LogP contribution is 2.31. The summed E-state index contributed by atoms with van der Waals surface area (Å²) in [5.41, 5.74) is 0.520. The van der Waals surface area contributed by atoms with Crippen LogP contribution in [-0.2, 0) is 4.79 Å². The van der Waals surface area contributed by atoms with Gasteiger partial charge >= 0.3 is 5.97 Å². The first kappa shape index (κ1) is 17.9. The van der Waals surface area contributed by atoms with E-state index >= 15 is 0 Å². The van der Waals surface area contributed by atoms with Crippen LogP contribution >= 0.6 is 0 Å². The molecule has 0 spiro atoms. The molecule has 0 saturated carbocycles. The fraction of sp³-hybridized carbons (Fsp3) is 0.389. The average molecular weight is 358 g/mol. The third kappa shape index (κ3) is 3.70. The SMILES string of the molecule is COc1ccc(C(C(=O)O)N2CCN(c3ccccn3)CC2)c(OC)n1. The summed E-state index contributed by atoms with van der Waals surface area (Å²) in [4.78, 5) is 24.6. The number of hydrogen-bond acceptors (Lipinski definition) is 7. The van der Waals surface area contributed by atoms with Crippen molar-refractivity contribution in [1.82, 2.24) is 14.9 Å². The monoisotopic (exact) mass is 358 g/mol. The molecule has 8 heteroatoms. The Balaban J connectivity index is 1.79. The second kappa shape index (κ2) is 8.01. The Morgan fingerprint density at radius 3 is 2.46 bits per heavy atom. The average Bonchev–Trinajstić information content (AvgIpc) is 2.69. The predicted molar refractivity (Wildman–Crippen MR) is 95.7 cm³/mol. The number of hydrogen-bond donors (Lipinski definition) is 1. The lowest BCUT2D eigenvalue weighted by molar-refractivity contribution is -0.143. The third-order valence-corrected chi connectivity index (χ3v) is 4.45. The van der Waals surface area contributed by atoms with Gasteiger partial charge in [-0.1, -0.05) is 6.07 Å². The first-order valence-electron chi connectivity index (χ1n) is 8.35. The number of carboxylic acid groups (broad SMARTS) is 1. The summed E-state index contributed by atoms with van der Waals surface area (Å²) in [5, 5.41) is 9.83. The summed E-state index contributed by atoms with van der Waals surface area (Å²) in [6.45, 7) is 2.60. The van der Waals surface area contributed by atoms with Crippen molar-refractivity contribution < 1.29 is 19.4 Å². The van der Waals surface area contributed by atoms with Gasteiger partial charge in [-0.25, -0.2) is 4.98 Å². The predicted octanol–water partition coefficient (Wildman–Crippen LogP) is 1.44. The Kier molecular flexibility index (Phi) is 5.52. The van der Waals surface area contributed by atoms with Crippen LogP contribution in [-0.4, -0.2) is 66.3 Å². The van der Waals surface area contributed by atoms with Crippen LogP contribution < -0.4 is 14.4 Å². The lowest BCUT2D eigenvalue weighted by Crippen LogP contribution is -2.49. The van der Waals surface area contributed by atoms with E-state index in [1.807, 2.05) is 23.1 Å². The smallest absolute Gasteiger partial charge is 0.325 e. The van der Waals surface area contributed by atoms with Crippen molar-refractivity contribution in [1.29, 1.82) is 0 Å². The molecule has 3 heterocycles. The Labute approximate surface area is 152 Å². The lowest BCUT2D eigenvalue weighted by atomic mass is 10.1. The molecule has 1 saturated heterocycles. The first-order valence-corrected chi connectivity index (χ1v) is 8.35. The van der Waals surface area contributed by atoms with Gasteiger partial charge in [-0.2, -0.15) is 4.98 Å². The molecule has 1 atom stereocenters. The van der Waals surface area contributed by atoms with Gasteiger partial charge in [-0.3, -0.25) is 9.69 Å². The van der Waals surface area contributed by atoms with Crippen LogP contribution in [0.5, 0.6) is 11.8 Å². The van der Waals surface area contributed by atoms with Gasteiger partial charge in [0, 0.05) is 44.0 Å². The van der Waals surface area contributed by atoms with E-state index in [-0.39, 0.29) is 5.88 Å². The maximum atomic E-state index is 12.0. The summed E-state index contributed by atoms with van der Waals surface area (Å²) in [5.74, 6) is 0.628. The Bertz CT molecular complexity index is 748. The molecule has 2 aromatic rings. The molecule has 3 rings (SSSR count). The third-order valence-electron chi connectivity index (χ3n) is 4.45. The second-order valence-corrected chi connectivity index (χ2v) is 5.90. The van der Waals surface area contributed by atoms with Crippen molar-refractivity contribution in [2.24, 2.45) is 0 Å². The standard InChI is InChI=1S/C18H22N4O4/c1-25-15-7-6-13(17(20-15)26-2)16(18(23)24)22-11-9-21(10-12-22)14-5-3-4-8-19-14/h3-8,16H,9-12H2,1-2H3,(H,23,24). The van der Waals surface area contributed by atoms with Gasteiger partial charge in [0.15, 0.2) is 0 Å². The zero-order valence-electron chi connectivity index (χ0n) is 14.8. The number of carboxylic acids is 1. The number of carbonyl (C=O) groups is 1.